The van der Waals surface area contributed by atoms with E-state index in [1.54, 1.807) is 6.20 Å². The zero-order valence-electron chi connectivity index (χ0n) is 17.9. The summed E-state index contributed by atoms with van der Waals surface area (Å²) in [6.45, 7) is 2.74. The molecule has 1 aliphatic carbocycles. The van der Waals surface area contributed by atoms with Crippen molar-refractivity contribution in [1.29, 1.82) is 0 Å². The molecule has 0 amide bonds. The van der Waals surface area contributed by atoms with Gasteiger partial charge >= 0.3 is 0 Å². The van der Waals surface area contributed by atoms with E-state index in [9.17, 15) is 0 Å². The highest BCUT2D eigenvalue weighted by Crippen LogP contribution is 2.31. The number of pyridine rings is 2. The standard InChI is InChI=1S/C24H33ClN4O/c1-29(16-18-9-11-30-12-10-18)24-4-2-3-23(28-24)21-14-20(27-15-22(21)25)13-17-5-7-19(26)8-6-17/h2-4,14-15,17-19H,5-13,16,26H2,1H3. The first-order chi connectivity index (χ1) is 14.6. The minimum atomic E-state index is 0.375. The molecule has 1 saturated carbocycles. The fraction of sp³-hybridized carbons (Fsp3) is 0.583. The lowest BCUT2D eigenvalue weighted by atomic mass is 9.83. The normalized spacial score (nSPS) is 22.8. The molecule has 0 radical (unpaired) electrons. The number of ether oxygens (including phenoxy) is 1. The first kappa shape index (κ1) is 21.5. The third kappa shape index (κ3) is 5.51. The number of halogens is 1. The van der Waals surface area contributed by atoms with Crippen LogP contribution < -0.4 is 10.6 Å². The summed E-state index contributed by atoms with van der Waals surface area (Å²) in [5.74, 6) is 2.31. The second kappa shape index (κ2) is 10.1. The van der Waals surface area contributed by atoms with Crippen molar-refractivity contribution in [2.45, 2.75) is 51.0 Å². The summed E-state index contributed by atoms with van der Waals surface area (Å²) in [6, 6.07) is 8.68. The van der Waals surface area contributed by atoms with Gasteiger partial charge in [0, 0.05) is 50.3 Å². The van der Waals surface area contributed by atoms with Crippen LogP contribution in [0.4, 0.5) is 5.82 Å². The zero-order chi connectivity index (χ0) is 20.9. The zero-order valence-corrected chi connectivity index (χ0v) is 18.7. The van der Waals surface area contributed by atoms with Crippen molar-refractivity contribution in [3.63, 3.8) is 0 Å². The van der Waals surface area contributed by atoms with Crippen LogP contribution in [0.2, 0.25) is 5.02 Å². The van der Waals surface area contributed by atoms with Crippen LogP contribution in [-0.4, -0.2) is 42.8 Å². The number of nitrogens with two attached hydrogens (primary N) is 1. The van der Waals surface area contributed by atoms with Gasteiger partial charge in [0.05, 0.1) is 10.7 Å². The Morgan fingerprint density at radius 3 is 2.63 bits per heavy atom. The summed E-state index contributed by atoms with van der Waals surface area (Å²) in [6.07, 6.45) is 9.62. The first-order valence-corrected chi connectivity index (χ1v) is 11.6. The molecule has 4 rings (SSSR count). The average Bonchev–Trinajstić information content (AvgIpc) is 2.77. The SMILES string of the molecule is CN(CC1CCOCC1)c1cccc(-c2cc(CC3CCC(N)CC3)ncc2Cl)n1. The van der Waals surface area contributed by atoms with Crippen LogP contribution in [0.25, 0.3) is 11.3 Å². The van der Waals surface area contributed by atoms with E-state index in [1.807, 2.05) is 6.07 Å². The minimum Gasteiger partial charge on any atom is -0.381 e. The summed E-state index contributed by atoms with van der Waals surface area (Å²) in [5, 5.41) is 0.654. The molecular weight excluding hydrogens is 396 g/mol. The number of rotatable bonds is 6. The molecule has 1 aliphatic heterocycles. The third-order valence-corrected chi connectivity index (χ3v) is 6.88. The van der Waals surface area contributed by atoms with Crippen LogP contribution in [0.5, 0.6) is 0 Å². The van der Waals surface area contributed by atoms with Crippen LogP contribution in [0.3, 0.4) is 0 Å². The molecule has 30 heavy (non-hydrogen) atoms. The Hall–Kier alpha value is -1.69. The maximum absolute atomic E-state index is 6.53. The Morgan fingerprint density at radius 1 is 1.10 bits per heavy atom. The Morgan fingerprint density at radius 2 is 1.87 bits per heavy atom. The van der Waals surface area contributed by atoms with E-state index in [0.29, 0.717) is 22.9 Å². The van der Waals surface area contributed by atoms with Crippen LogP contribution >= 0.6 is 11.6 Å². The van der Waals surface area contributed by atoms with E-state index in [1.165, 1.54) is 12.8 Å². The lowest BCUT2D eigenvalue weighted by Gasteiger charge is -2.28. The molecular formula is C24H33ClN4O. The molecule has 2 aromatic heterocycles. The van der Waals surface area contributed by atoms with Gasteiger partial charge in [-0.25, -0.2) is 4.98 Å². The highest BCUT2D eigenvalue weighted by Gasteiger charge is 2.20. The average molecular weight is 429 g/mol. The van der Waals surface area contributed by atoms with E-state index >= 15 is 0 Å². The van der Waals surface area contributed by atoms with Gasteiger partial charge in [0.15, 0.2) is 0 Å². The van der Waals surface area contributed by atoms with Crippen LogP contribution in [0, 0.1) is 11.8 Å². The summed E-state index contributed by atoms with van der Waals surface area (Å²) in [7, 11) is 2.12. The first-order valence-electron chi connectivity index (χ1n) is 11.2. The Balaban J connectivity index is 1.48. The van der Waals surface area contributed by atoms with Gasteiger partial charge in [-0.1, -0.05) is 17.7 Å². The van der Waals surface area contributed by atoms with Crippen LogP contribution in [0.1, 0.15) is 44.2 Å². The fourth-order valence-corrected chi connectivity index (χ4v) is 4.87. The molecule has 2 N–H and O–H groups in total. The van der Waals surface area contributed by atoms with Gasteiger partial charge < -0.3 is 15.4 Å². The summed E-state index contributed by atoms with van der Waals surface area (Å²) in [5.41, 5.74) is 9.03. The second-order valence-corrected chi connectivity index (χ2v) is 9.36. The topological polar surface area (TPSA) is 64.3 Å². The molecule has 0 bridgehead atoms. The van der Waals surface area contributed by atoms with E-state index in [4.69, 9.17) is 27.1 Å². The van der Waals surface area contributed by atoms with E-state index in [0.717, 1.165) is 74.6 Å². The number of hydrogen-bond acceptors (Lipinski definition) is 5. The quantitative estimate of drug-likeness (QED) is 0.721. The van der Waals surface area contributed by atoms with E-state index < -0.39 is 0 Å². The van der Waals surface area contributed by atoms with E-state index in [2.05, 4.69) is 35.1 Å². The molecule has 2 fully saturated rings. The number of nitrogens with zero attached hydrogens (tertiary/aromatic N) is 3. The molecule has 0 aromatic carbocycles. The monoisotopic (exact) mass is 428 g/mol. The Labute approximate surface area is 185 Å². The highest BCUT2D eigenvalue weighted by atomic mass is 35.5. The molecule has 5 nitrogen and oxygen atoms in total. The van der Waals surface area contributed by atoms with Gasteiger partial charge in [-0.3, -0.25) is 4.98 Å². The Kier molecular flexibility index (Phi) is 7.24. The largest absolute Gasteiger partial charge is 0.381 e. The summed E-state index contributed by atoms with van der Waals surface area (Å²) < 4.78 is 5.49. The molecule has 0 unspecified atom stereocenters. The van der Waals surface area contributed by atoms with Crippen molar-refractivity contribution < 1.29 is 4.74 Å². The minimum absolute atomic E-state index is 0.375. The predicted octanol–water partition coefficient (Wildman–Crippen LogP) is 4.72. The van der Waals surface area contributed by atoms with Crippen LogP contribution in [0.15, 0.2) is 30.5 Å². The van der Waals surface area contributed by atoms with Crippen molar-refractivity contribution in [2.75, 3.05) is 31.7 Å². The van der Waals surface area contributed by atoms with Crippen molar-refractivity contribution >= 4 is 17.4 Å². The molecule has 2 aromatic rings. The molecule has 0 spiro atoms. The van der Waals surface area contributed by atoms with Crippen molar-refractivity contribution in [1.82, 2.24) is 9.97 Å². The van der Waals surface area contributed by atoms with Gasteiger partial charge in [0.2, 0.25) is 0 Å². The molecule has 1 saturated heterocycles. The molecule has 0 atom stereocenters. The number of anilines is 1. The third-order valence-electron chi connectivity index (χ3n) is 6.58. The predicted molar refractivity (Wildman–Crippen MR) is 123 cm³/mol. The summed E-state index contributed by atoms with van der Waals surface area (Å²) >= 11 is 6.53. The van der Waals surface area contributed by atoms with Gasteiger partial charge in [-0.05, 0) is 75.0 Å². The number of hydrogen-bond donors (Lipinski definition) is 1. The van der Waals surface area contributed by atoms with Gasteiger partial charge in [-0.15, -0.1) is 0 Å². The lowest BCUT2D eigenvalue weighted by Crippen LogP contribution is -2.30. The summed E-state index contributed by atoms with van der Waals surface area (Å²) in [4.78, 5) is 11.8. The maximum Gasteiger partial charge on any atom is 0.128 e. The van der Waals surface area contributed by atoms with Crippen molar-refractivity contribution in [3.8, 4) is 11.3 Å². The molecule has 2 aliphatic rings. The number of aromatic nitrogens is 2. The fourth-order valence-electron chi connectivity index (χ4n) is 4.67. The van der Waals surface area contributed by atoms with Gasteiger partial charge in [0.25, 0.3) is 0 Å². The van der Waals surface area contributed by atoms with E-state index in [-0.39, 0.29) is 0 Å². The van der Waals surface area contributed by atoms with Crippen molar-refractivity contribution in [2.24, 2.45) is 17.6 Å². The molecule has 162 valence electrons. The lowest BCUT2D eigenvalue weighted by molar-refractivity contribution is 0.0685. The smallest absolute Gasteiger partial charge is 0.128 e. The Bertz CT molecular complexity index is 832. The maximum atomic E-state index is 6.53. The van der Waals surface area contributed by atoms with Gasteiger partial charge in [-0.2, -0.15) is 0 Å². The van der Waals surface area contributed by atoms with Gasteiger partial charge in [0.1, 0.15) is 5.82 Å². The molecule has 3 heterocycles. The molecule has 6 heteroatoms. The van der Waals surface area contributed by atoms with Crippen molar-refractivity contribution in [3.05, 3.63) is 41.2 Å². The van der Waals surface area contributed by atoms with Crippen LogP contribution in [-0.2, 0) is 11.2 Å². The second-order valence-electron chi connectivity index (χ2n) is 8.96. The highest BCUT2D eigenvalue weighted by molar-refractivity contribution is 6.33.